The van der Waals surface area contributed by atoms with Crippen molar-refractivity contribution in [2.24, 2.45) is 0 Å². The van der Waals surface area contributed by atoms with E-state index in [4.69, 9.17) is 0 Å². The molecule has 0 radical (unpaired) electrons. The summed E-state index contributed by atoms with van der Waals surface area (Å²) in [5.74, 6) is 2.90. The van der Waals surface area contributed by atoms with Gasteiger partial charge in [0.05, 0.1) is 11.6 Å². The third kappa shape index (κ3) is 1.98. The van der Waals surface area contributed by atoms with Gasteiger partial charge in [-0.2, -0.15) is 5.26 Å². The highest BCUT2D eigenvalue weighted by molar-refractivity contribution is 5.75. The smallest absolute Gasteiger partial charge is 0.143 e. The first-order valence-electron chi connectivity index (χ1n) is 8.98. The summed E-state index contributed by atoms with van der Waals surface area (Å²) < 4.78 is 0. The predicted molar refractivity (Wildman–Crippen MR) is 94.9 cm³/mol. The summed E-state index contributed by atoms with van der Waals surface area (Å²) in [6.45, 7) is 4.22. The maximum atomic E-state index is 9.22. The van der Waals surface area contributed by atoms with E-state index in [1.165, 1.54) is 31.2 Å². The number of aromatic nitrogens is 3. The molecular formula is C19H20N6. The molecule has 1 atom stereocenters. The van der Waals surface area contributed by atoms with Gasteiger partial charge in [-0.3, -0.25) is 0 Å². The molecule has 0 bridgehead atoms. The van der Waals surface area contributed by atoms with E-state index >= 15 is 0 Å². The molecule has 3 aliphatic rings. The molecule has 2 aromatic heterocycles. The van der Waals surface area contributed by atoms with Gasteiger partial charge >= 0.3 is 0 Å². The molecule has 1 saturated heterocycles. The van der Waals surface area contributed by atoms with Crippen molar-refractivity contribution in [3.63, 3.8) is 0 Å². The Morgan fingerprint density at radius 2 is 2.08 bits per heavy atom. The van der Waals surface area contributed by atoms with E-state index in [0.717, 1.165) is 30.5 Å². The Hall–Kier alpha value is -2.68. The number of anilines is 3. The molecule has 6 heteroatoms. The zero-order valence-corrected chi connectivity index (χ0v) is 14.3. The SMILES string of the molecule is C[C@H]1CCN1c1ncnc2c1C1(CCC1)CN2c1cc(C#N)ccn1. The fourth-order valence-corrected chi connectivity index (χ4v) is 4.39. The van der Waals surface area contributed by atoms with E-state index in [-0.39, 0.29) is 5.41 Å². The van der Waals surface area contributed by atoms with Crippen molar-refractivity contribution < 1.29 is 0 Å². The first-order chi connectivity index (χ1) is 12.2. The monoisotopic (exact) mass is 332 g/mol. The molecule has 4 heterocycles. The van der Waals surface area contributed by atoms with Crippen LogP contribution in [0.4, 0.5) is 17.5 Å². The van der Waals surface area contributed by atoms with Gasteiger partial charge in [0.2, 0.25) is 0 Å². The molecule has 0 amide bonds. The highest BCUT2D eigenvalue weighted by Crippen LogP contribution is 2.56. The minimum Gasteiger partial charge on any atom is -0.353 e. The average molecular weight is 332 g/mol. The average Bonchev–Trinajstić information content (AvgIpc) is 2.97. The second kappa shape index (κ2) is 5.16. The maximum Gasteiger partial charge on any atom is 0.143 e. The van der Waals surface area contributed by atoms with E-state index in [0.29, 0.717) is 11.6 Å². The summed E-state index contributed by atoms with van der Waals surface area (Å²) in [6, 6.07) is 6.36. The molecule has 1 saturated carbocycles. The van der Waals surface area contributed by atoms with Gasteiger partial charge in [0.25, 0.3) is 0 Å². The predicted octanol–water partition coefficient (Wildman–Crippen LogP) is 2.92. The van der Waals surface area contributed by atoms with Crippen LogP contribution in [0.3, 0.4) is 0 Å². The number of nitrogens with zero attached hydrogens (tertiary/aromatic N) is 6. The van der Waals surface area contributed by atoms with Gasteiger partial charge in [0, 0.05) is 36.3 Å². The quantitative estimate of drug-likeness (QED) is 0.842. The fourth-order valence-electron chi connectivity index (χ4n) is 4.39. The summed E-state index contributed by atoms with van der Waals surface area (Å²) >= 11 is 0. The van der Waals surface area contributed by atoms with Gasteiger partial charge in [-0.25, -0.2) is 15.0 Å². The van der Waals surface area contributed by atoms with Crippen LogP contribution >= 0.6 is 0 Å². The topological polar surface area (TPSA) is 68.9 Å². The van der Waals surface area contributed by atoms with E-state index in [1.54, 1.807) is 18.6 Å². The standard InChI is InChI=1S/C19H20N6/c1-13-4-8-24(13)17-16-18(23-12-22-17)25(11-19(16)5-2-6-19)15-9-14(10-20)3-7-21-15/h3,7,9,12-13H,2,4-6,8,11H2,1H3/t13-/m0/s1. The van der Waals surface area contributed by atoms with Crippen LogP contribution in [0.5, 0.6) is 0 Å². The molecule has 0 aromatic carbocycles. The molecule has 1 aliphatic carbocycles. The molecule has 25 heavy (non-hydrogen) atoms. The van der Waals surface area contributed by atoms with Crippen LogP contribution in [0.1, 0.15) is 43.7 Å². The highest BCUT2D eigenvalue weighted by atomic mass is 15.3. The Balaban J connectivity index is 1.65. The lowest BCUT2D eigenvalue weighted by Crippen LogP contribution is -2.48. The van der Waals surface area contributed by atoms with Gasteiger partial charge in [-0.05, 0) is 38.3 Å². The molecule has 1 spiro atoms. The lowest BCUT2D eigenvalue weighted by molar-refractivity contribution is 0.265. The van der Waals surface area contributed by atoms with Gasteiger partial charge in [0.15, 0.2) is 0 Å². The third-order valence-electron chi connectivity index (χ3n) is 6.11. The maximum absolute atomic E-state index is 9.22. The molecule has 126 valence electrons. The van der Waals surface area contributed by atoms with E-state index in [1.807, 2.05) is 6.07 Å². The van der Waals surface area contributed by atoms with Crippen LogP contribution in [0, 0.1) is 11.3 Å². The van der Waals surface area contributed by atoms with Crippen molar-refractivity contribution in [3.8, 4) is 6.07 Å². The summed E-state index contributed by atoms with van der Waals surface area (Å²) in [5.41, 5.74) is 2.08. The molecule has 0 unspecified atom stereocenters. The van der Waals surface area contributed by atoms with Crippen LogP contribution < -0.4 is 9.80 Å². The van der Waals surface area contributed by atoms with Crippen LogP contribution in [-0.2, 0) is 5.41 Å². The molecule has 0 N–H and O–H groups in total. The first kappa shape index (κ1) is 14.6. The Kier molecular flexibility index (Phi) is 3.02. The minimum absolute atomic E-state index is 0.144. The molecule has 6 nitrogen and oxygen atoms in total. The largest absolute Gasteiger partial charge is 0.353 e. The number of rotatable bonds is 2. The summed E-state index contributed by atoms with van der Waals surface area (Å²) in [7, 11) is 0. The normalized spacial score (nSPS) is 23.0. The van der Waals surface area contributed by atoms with Crippen molar-refractivity contribution >= 4 is 17.5 Å². The van der Waals surface area contributed by atoms with Crippen LogP contribution in [0.15, 0.2) is 24.7 Å². The summed E-state index contributed by atoms with van der Waals surface area (Å²) in [5, 5.41) is 9.22. The molecule has 5 rings (SSSR count). The number of hydrogen-bond acceptors (Lipinski definition) is 6. The van der Waals surface area contributed by atoms with E-state index in [9.17, 15) is 5.26 Å². The summed E-state index contributed by atoms with van der Waals surface area (Å²) in [4.78, 5) is 18.4. The van der Waals surface area contributed by atoms with Crippen LogP contribution in [0.25, 0.3) is 0 Å². The van der Waals surface area contributed by atoms with Gasteiger partial charge in [-0.15, -0.1) is 0 Å². The first-order valence-corrected chi connectivity index (χ1v) is 8.98. The fraction of sp³-hybridized carbons (Fsp3) is 0.474. The number of pyridine rings is 1. The Morgan fingerprint density at radius 1 is 1.24 bits per heavy atom. The molecular weight excluding hydrogens is 312 g/mol. The lowest BCUT2D eigenvalue weighted by atomic mass is 9.66. The van der Waals surface area contributed by atoms with Crippen molar-refractivity contribution in [3.05, 3.63) is 35.8 Å². The second-order valence-corrected chi connectivity index (χ2v) is 7.46. The zero-order chi connectivity index (χ0) is 17.0. The Labute approximate surface area is 147 Å². The Morgan fingerprint density at radius 3 is 2.72 bits per heavy atom. The van der Waals surface area contributed by atoms with Crippen LogP contribution in [0.2, 0.25) is 0 Å². The highest BCUT2D eigenvalue weighted by Gasteiger charge is 2.51. The molecule has 2 aromatic rings. The van der Waals surface area contributed by atoms with Crippen LogP contribution in [-0.4, -0.2) is 34.1 Å². The number of fused-ring (bicyclic) bond motifs is 2. The van der Waals surface area contributed by atoms with Crippen molar-refractivity contribution in [1.82, 2.24) is 15.0 Å². The minimum atomic E-state index is 0.144. The van der Waals surface area contributed by atoms with Gasteiger partial charge in [-0.1, -0.05) is 6.42 Å². The van der Waals surface area contributed by atoms with Crippen molar-refractivity contribution in [2.45, 2.75) is 44.1 Å². The van der Waals surface area contributed by atoms with E-state index in [2.05, 4.69) is 37.7 Å². The number of nitriles is 1. The third-order valence-corrected chi connectivity index (χ3v) is 6.11. The van der Waals surface area contributed by atoms with E-state index < -0.39 is 0 Å². The summed E-state index contributed by atoms with van der Waals surface area (Å²) in [6.07, 6.45) is 8.22. The van der Waals surface area contributed by atoms with Crippen molar-refractivity contribution in [2.75, 3.05) is 22.9 Å². The molecule has 2 aliphatic heterocycles. The van der Waals surface area contributed by atoms with Gasteiger partial charge in [0.1, 0.15) is 23.8 Å². The second-order valence-electron chi connectivity index (χ2n) is 7.46. The molecule has 2 fully saturated rings. The zero-order valence-electron chi connectivity index (χ0n) is 14.3. The Bertz CT molecular complexity index is 882. The van der Waals surface area contributed by atoms with Gasteiger partial charge < -0.3 is 9.80 Å². The van der Waals surface area contributed by atoms with Crippen molar-refractivity contribution in [1.29, 1.82) is 5.26 Å². The lowest BCUT2D eigenvalue weighted by Gasteiger charge is -2.44. The number of hydrogen-bond donors (Lipinski definition) is 0.